The van der Waals surface area contributed by atoms with Crippen LogP contribution in [0.15, 0.2) is 18.2 Å². The van der Waals surface area contributed by atoms with Crippen LogP contribution >= 0.6 is 0 Å². The second-order valence-corrected chi connectivity index (χ2v) is 6.25. The van der Waals surface area contributed by atoms with Gasteiger partial charge in [-0.05, 0) is 59.4 Å². The van der Waals surface area contributed by atoms with Gasteiger partial charge in [0, 0.05) is 11.3 Å². The molecule has 5 heteroatoms. The van der Waals surface area contributed by atoms with E-state index in [0.29, 0.717) is 5.41 Å². The molecule has 1 saturated carbocycles. The van der Waals surface area contributed by atoms with Gasteiger partial charge >= 0.3 is 0 Å². The third-order valence-electron chi connectivity index (χ3n) is 4.37. The number of rotatable bonds is 3. The fraction of sp³-hybridized carbons (Fsp3) is 0.533. The fourth-order valence-corrected chi connectivity index (χ4v) is 3.19. The lowest BCUT2D eigenvalue weighted by atomic mass is 9.89. The van der Waals surface area contributed by atoms with Crippen LogP contribution in [0.3, 0.4) is 0 Å². The number of aryl methyl sites for hydroxylation is 1. The average molecular weight is 271 g/mol. The standard InChI is InChI=1S/C15H21N5/c1-11-9-12(16)5-6-13(11)14-17-18-19-20(14)10-15(2)7-3-4-8-15/h5-6,9H,3-4,7-8,10,16H2,1-2H3. The van der Waals surface area contributed by atoms with Crippen molar-refractivity contribution in [3.8, 4) is 11.4 Å². The molecule has 0 bridgehead atoms. The van der Waals surface area contributed by atoms with Crippen molar-refractivity contribution in [3.63, 3.8) is 0 Å². The van der Waals surface area contributed by atoms with E-state index in [9.17, 15) is 0 Å². The number of nitrogen functional groups attached to an aromatic ring is 1. The molecule has 5 nitrogen and oxygen atoms in total. The highest BCUT2D eigenvalue weighted by Crippen LogP contribution is 2.39. The van der Waals surface area contributed by atoms with E-state index in [1.54, 1.807) is 0 Å². The van der Waals surface area contributed by atoms with Crippen molar-refractivity contribution in [2.75, 3.05) is 5.73 Å². The topological polar surface area (TPSA) is 69.6 Å². The van der Waals surface area contributed by atoms with Crippen LogP contribution in [-0.4, -0.2) is 20.2 Å². The van der Waals surface area contributed by atoms with E-state index in [0.717, 1.165) is 29.2 Å². The smallest absolute Gasteiger partial charge is 0.182 e. The highest BCUT2D eigenvalue weighted by Gasteiger charge is 2.30. The zero-order chi connectivity index (χ0) is 14.2. The third kappa shape index (κ3) is 2.40. The highest BCUT2D eigenvalue weighted by molar-refractivity contribution is 5.63. The number of hydrogen-bond donors (Lipinski definition) is 1. The number of hydrogen-bond acceptors (Lipinski definition) is 4. The van der Waals surface area contributed by atoms with Gasteiger partial charge in [-0.25, -0.2) is 4.68 Å². The minimum atomic E-state index is 0.325. The second-order valence-electron chi connectivity index (χ2n) is 6.25. The fourth-order valence-electron chi connectivity index (χ4n) is 3.19. The van der Waals surface area contributed by atoms with Crippen LogP contribution < -0.4 is 5.73 Å². The number of nitrogens with zero attached hydrogens (tertiary/aromatic N) is 4. The summed E-state index contributed by atoms with van der Waals surface area (Å²) in [4.78, 5) is 0. The summed E-state index contributed by atoms with van der Waals surface area (Å²) in [6, 6.07) is 5.87. The Morgan fingerprint density at radius 2 is 2.05 bits per heavy atom. The van der Waals surface area contributed by atoms with Crippen LogP contribution in [0.25, 0.3) is 11.4 Å². The van der Waals surface area contributed by atoms with Gasteiger partial charge in [0.05, 0.1) is 6.54 Å². The number of tetrazole rings is 1. The SMILES string of the molecule is Cc1cc(N)ccc1-c1nnnn1CC1(C)CCCC1. The second kappa shape index (κ2) is 4.89. The summed E-state index contributed by atoms with van der Waals surface area (Å²) in [5.74, 6) is 0.843. The van der Waals surface area contributed by atoms with Crippen LogP contribution in [0.2, 0.25) is 0 Å². The molecular weight excluding hydrogens is 250 g/mol. The van der Waals surface area contributed by atoms with Gasteiger partial charge < -0.3 is 5.73 Å². The van der Waals surface area contributed by atoms with Gasteiger partial charge in [-0.3, -0.25) is 0 Å². The number of aromatic nitrogens is 4. The first-order chi connectivity index (χ1) is 9.57. The van der Waals surface area contributed by atoms with Gasteiger partial charge in [0.2, 0.25) is 0 Å². The predicted molar refractivity (Wildman–Crippen MR) is 79.0 cm³/mol. The van der Waals surface area contributed by atoms with Gasteiger partial charge in [-0.1, -0.05) is 19.8 Å². The molecule has 1 aromatic heterocycles. The summed E-state index contributed by atoms with van der Waals surface area (Å²) in [6.07, 6.45) is 5.14. The Balaban J connectivity index is 1.93. The molecule has 0 aliphatic heterocycles. The van der Waals surface area contributed by atoms with Gasteiger partial charge in [-0.15, -0.1) is 5.10 Å². The zero-order valence-electron chi connectivity index (χ0n) is 12.1. The van der Waals surface area contributed by atoms with Crippen LogP contribution in [0.1, 0.15) is 38.2 Å². The molecule has 1 aliphatic carbocycles. The molecule has 0 unspecified atom stereocenters. The lowest BCUT2D eigenvalue weighted by Gasteiger charge is -2.23. The summed E-state index contributed by atoms with van der Waals surface area (Å²) in [7, 11) is 0. The zero-order valence-corrected chi connectivity index (χ0v) is 12.1. The number of anilines is 1. The molecule has 3 rings (SSSR count). The summed E-state index contributed by atoms with van der Waals surface area (Å²) >= 11 is 0. The average Bonchev–Trinajstić information content (AvgIpc) is 3.00. The molecule has 106 valence electrons. The van der Waals surface area contributed by atoms with Gasteiger partial charge in [-0.2, -0.15) is 0 Å². The normalized spacial score (nSPS) is 17.5. The molecule has 1 aliphatic rings. The predicted octanol–water partition coefficient (Wildman–Crippen LogP) is 2.81. The van der Waals surface area contributed by atoms with Crippen molar-refractivity contribution < 1.29 is 0 Å². The summed E-state index contributed by atoms with van der Waals surface area (Å²) in [6.45, 7) is 5.27. The van der Waals surface area contributed by atoms with Crippen LogP contribution in [0.5, 0.6) is 0 Å². The first-order valence-corrected chi connectivity index (χ1v) is 7.20. The van der Waals surface area contributed by atoms with E-state index in [4.69, 9.17) is 5.73 Å². The Morgan fingerprint density at radius 1 is 1.30 bits per heavy atom. The van der Waals surface area contributed by atoms with E-state index in [-0.39, 0.29) is 0 Å². The van der Waals surface area contributed by atoms with Gasteiger partial charge in [0.25, 0.3) is 0 Å². The molecule has 20 heavy (non-hydrogen) atoms. The van der Waals surface area contributed by atoms with E-state index < -0.39 is 0 Å². The van der Waals surface area contributed by atoms with E-state index in [1.807, 2.05) is 29.8 Å². The Bertz CT molecular complexity index is 610. The molecular formula is C15H21N5. The summed E-state index contributed by atoms with van der Waals surface area (Å²) in [5, 5.41) is 12.3. The molecule has 2 N–H and O–H groups in total. The molecule has 0 saturated heterocycles. The first-order valence-electron chi connectivity index (χ1n) is 7.20. The van der Waals surface area contributed by atoms with Crippen molar-refractivity contribution in [2.45, 2.75) is 46.1 Å². The van der Waals surface area contributed by atoms with Crippen molar-refractivity contribution in [3.05, 3.63) is 23.8 Å². The lowest BCUT2D eigenvalue weighted by molar-refractivity contribution is 0.267. The third-order valence-corrected chi connectivity index (χ3v) is 4.37. The summed E-state index contributed by atoms with van der Waals surface area (Å²) < 4.78 is 1.95. The summed E-state index contributed by atoms with van der Waals surface area (Å²) in [5.41, 5.74) is 9.08. The molecule has 1 aromatic carbocycles. The van der Waals surface area contributed by atoms with Gasteiger partial charge in [0.15, 0.2) is 5.82 Å². The van der Waals surface area contributed by atoms with Crippen molar-refractivity contribution in [2.24, 2.45) is 5.41 Å². The molecule has 0 atom stereocenters. The van der Waals surface area contributed by atoms with E-state index >= 15 is 0 Å². The monoisotopic (exact) mass is 271 g/mol. The molecule has 0 radical (unpaired) electrons. The first kappa shape index (κ1) is 13.1. The highest BCUT2D eigenvalue weighted by atomic mass is 15.5. The number of nitrogens with two attached hydrogens (primary N) is 1. The van der Waals surface area contributed by atoms with E-state index in [1.165, 1.54) is 25.7 Å². The minimum Gasteiger partial charge on any atom is -0.399 e. The maximum atomic E-state index is 5.81. The lowest BCUT2D eigenvalue weighted by Crippen LogP contribution is -2.21. The van der Waals surface area contributed by atoms with Gasteiger partial charge in [0.1, 0.15) is 0 Å². The maximum absolute atomic E-state index is 5.81. The molecule has 1 fully saturated rings. The van der Waals surface area contributed by atoms with Crippen LogP contribution in [0, 0.1) is 12.3 Å². The largest absolute Gasteiger partial charge is 0.399 e. The minimum absolute atomic E-state index is 0.325. The Hall–Kier alpha value is -1.91. The molecule has 0 spiro atoms. The van der Waals surface area contributed by atoms with Crippen molar-refractivity contribution in [1.82, 2.24) is 20.2 Å². The number of benzene rings is 1. The van der Waals surface area contributed by atoms with Crippen molar-refractivity contribution in [1.29, 1.82) is 0 Å². The molecule has 2 aromatic rings. The van der Waals surface area contributed by atoms with Crippen LogP contribution in [0.4, 0.5) is 5.69 Å². The molecule has 0 amide bonds. The quantitative estimate of drug-likeness (QED) is 0.871. The Morgan fingerprint density at radius 3 is 2.75 bits per heavy atom. The molecule has 1 heterocycles. The maximum Gasteiger partial charge on any atom is 0.182 e. The van der Waals surface area contributed by atoms with Crippen LogP contribution in [-0.2, 0) is 6.54 Å². The Labute approximate surface area is 119 Å². The Kier molecular flexibility index (Phi) is 3.20. The van der Waals surface area contributed by atoms with E-state index in [2.05, 4.69) is 22.4 Å². The van der Waals surface area contributed by atoms with Crippen molar-refractivity contribution >= 4 is 5.69 Å².